The van der Waals surface area contributed by atoms with Crippen molar-refractivity contribution in [3.8, 4) is 11.1 Å². The van der Waals surface area contributed by atoms with Crippen molar-refractivity contribution in [2.24, 2.45) is 0 Å². The van der Waals surface area contributed by atoms with Crippen LogP contribution in [-0.2, 0) is 0 Å². The first-order chi connectivity index (χ1) is 6.38. The van der Waals surface area contributed by atoms with Gasteiger partial charge in [-0.2, -0.15) is 0 Å². The molecule has 0 aliphatic carbocycles. The van der Waals surface area contributed by atoms with Crippen LogP contribution in [0.25, 0.3) is 11.1 Å². The van der Waals surface area contributed by atoms with Gasteiger partial charge in [0.2, 0.25) is 0 Å². The molecule has 3 heteroatoms. The molecule has 2 aromatic heterocycles. The molecule has 0 amide bonds. The number of rotatable bonds is 1. The Labute approximate surface area is 81.3 Å². The third kappa shape index (κ3) is 1.65. The number of H-pyrrole nitrogens is 1. The summed E-state index contributed by atoms with van der Waals surface area (Å²) in [4.78, 5) is 6.97. The van der Waals surface area contributed by atoms with Gasteiger partial charge in [-0.3, -0.25) is 4.98 Å². The van der Waals surface area contributed by atoms with Gasteiger partial charge in [-0.25, -0.2) is 0 Å². The summed E-state index contributed by atoms with van der Waals surface area (Å²) in [6, 6.07) is 5.77. The Kier molecular flexibility index (Phi) is 2.19. The number of pyridine rings is 2. The van der Waals surface area contributed by atoms with E-state index in [2.05, 4.69) is 9.97 Å². The number of nitrogens with one attached hydrogen (secondary N) is 1. The fourth-order valence-corrected chi connectivity index (χ4v) is 1.42. The molecular formula is C10H8N2S. The van der Waals surface area contributed by atoms with Crippen molar-refractivity contribution >= 4 is 12.2 Å². The molecule has 2 rings (SSSR count). The Morgan fingerprint density at radius 1 is 1.15 bits per heavy atom. The lowest BCUT2D eigenvalue weighted by Gasteiger charge is -1.99. The molecule has 0 aliphatic rings. The molecule has 2 nitrogen and oxygen atoms in total. The highest BCUT2D eigenvalue weighted by Crippen LogP contribution is 2.17. The molecule has 0 aromatic carbocycles. The molecule has 0 bridgehead atoms. The molecule has 0 saturated carbocycles. The normalized spacial score (nSPS) is 9.85. The Balaban J connectivity index is 2.60. The maximum absolute atomic E-state index is 5.19. The van der Waals surface area contributed by atoms with Crippen LogP contribution >= 0.6 is 12.2 Å². The van der Waals surface area contributed by atoms with E-state index in [1.807, 2.05) is 30.6 Å². The molecule has 13 heavy (non-hydrogen) atoms. The van der Waals surface area contributed by atoms with Gasteiger partial charge in [0, 0.05) is 34.9 Å². The van der Waals surface area contributed by atoms with E-state index in [9.17, 15) is 0 Å². The molecule has 1 N–H and O–H groups in total. The zero-order valence-corrected chi connectivity index (χ0v) is 7.71. The van der Waals surface area contributed by atoms with Gasteiger partial charge in [-0.15, -0.1) is 0 Å². The van der Waals surface area contributed by atoms with Crippen LogP contribution in [0.4, 0.5) is 0 Å². The van der Waals surface area contributed by atoms with E-state index >= 15 is 0 Å². The molecule has 64 valence electrons. The first-order valence-corrected chi connectivity index (χ1v) is 4.36. The summed E-state index contributed by atoms with van der Waals surface area (Å²) >= 11 is 5.19. The van der Waals surface area contributed by atoms with Gasteiger partial charge < -0.3 is 4.98 Å². The van der Waals surface area contributed by atoms with Gasteiger partial charge in [0.25, 0.3) is 0 Å². The average Bonchev–Trinajstić information content (AvgIpc) is 2.20. The van der Waals surface area contributed by atoms with E-state index in [0.29, 0.717) is 0 Å². The fraction of sp³-hybridized carbons (Fsp3) is 0. The summed E-state index contributed by atoms with van der Waals surface area (Å²) < 4.78 is 0.852. The first-order valence-electron chi connectivity index (χ1n) is 3.95. The van der Waals surface area contributed by atoms with Gasteiger partial charge in [-0.05, 0) is 23.8 Å². The standard InChI is InChI=1S/C10H8N2S/c13-10-3-6-12-7-9(10)8-1-4-11-5-2-8/h1-7H,(H,12,13). The van der Waals surface area contributed by atoms with Crippen molar-refractivity contribution < 1.29 is 0 Å². The minimum atomic E-state index is 0.852. The number of hydrogen-bond donors (Lipinski definition) is 1. The van der Waals surface area contributed by atoms with Crippen molar-refractivity contribution in [3.05, 3.63) is 47.5 Å². The van der Waals surface area contributed by atoms with E-state index in [0.717, 1.165) is 15.6 Å². The molecular weight excluding hydrogens is 180 g/mol. The van der Waals surface area contributed by atoms with Crippen molar-refractivity contribution in [3.63, 3.8) is 0 Å². The van der Waals surface area contributed by atoms with Crippen molar-refractivity contribution in [1.29, 1.82) is 0 Å². The molecule has 0 saturated heterocycles. The lowest BCUT2D eigenvalue weighted by Crippen LogP contribution is -1.80. The number of nitrogens with zero attached hydrogens (tertiary/aromatic N) is 1. The van der Waals surface area contributed by atoms with Crippen LogP contribution in [0.3, 0.4) is 0 Å². The minimum absolute atomic E-state index is 0.852. The summed E-state index contributed by atoms with van der Waals surface area (Å²) in [5.41, 5.74) is 2.14. The smallest absolute Gasteiger partial charge is 0.0484 e. The quantitative estimate of drug-likeness (QED) is 0.697. The third-order valence-electron chi connectivity index (χ3n) is 1.82. The molecule has 0 radical (unpaired) electrons. The monoisotopic (exact) mass is 188 g/mol. The van der Waals surface area contributed by atoms with Crippen LogP contribution in [0.5, 0.6) is 0 Å². The summed E-state index contributed by atoms with van der Waals surface area (Å²) in [5.74, 6) is 0. The summed E-state index contributed by atoms with van der Waals surface area (Å²) in [6.07, 6.45) is 7.25. The van der Waals surface area contributed by atoms with Crippen LogP contribution in [0, 0.1) is 4.51 Å². The van der Waals surface area contributed by atoms with E-state index < -0.39 is 0 Å². The summed E-state index contributed by atoms with van der Waals surface area (Å²) in [6.45, 7) is 0. The number of hydrogen-bond acceptors (Lipinski definition) is 2. The predicted octanol–water partition coefficient (Wildman–Crippen LogP) is 2.81. The predicted molar refractivity (Wildman–Crippen MR) is 54.9 cm³/mol. The average molecular weight is 188 g/mol. The van der Waals surface area contributed by atoms with E-state index in [4.69, 9.17) is 12.2 Å². The van der Waals surface area contributed by atoms with Crippen LogP contribution < -0.4 is 0 Å². The van der Waals surface area contributed by atoms with Crippen molar-refractivity contribution in [2.75, 3.05) is 0 Å². The molecule has 0 unspecified atom stereocenters. The lowest BCUT2D eigenvalue weighted by molar-refractivity contribution is 1.30. The second-order valence-electron chi connectivity index (χ2n) is 2.66. The van der Waals surface area contributed by atoms with Gasteiger partial charge >= 0.3 is 0 Å². The number of aromatic amines is 1. The second kappa shape index (κ2) is 3.49. The Morgan fingerprint density at radius 2 is 1.92 bits per heavy atom. The molecule has 2 heterocycles. The Bertz CT molecular complexity index is 448. The van der Waals surface area contributed by atoms with E-state index in [1.54, 1.807) is 12.4 Å². The molecule has 0 aliphatic heterocycles. The SMILES string of the molecule is S=c1cc[nH]cc1-c1ccncc1. The molecule has 0 fully saturated rings. The maximum atomic E-state index is 5.19. The largest absolute Gasteiger partial charge is 0.367 e. The highest BCUT2D eigenvalue weighted by atomic mass is 32.1. The first kappa shape index (κ1) is 8.13. The maximum Gasteiger partial charge on any atom is 0.0484 e. The van der Waals surface area contributed by atoms with Crippen LogP contribution in [-0.4, -0.2) is 9.97 Å². The van der Waals surface area contributed by atoms with Crippen molar-refractivity contribution in [2.45, 2.75) is 0 Å². The zero-order valence-electron chi connectivity index (χ0n) is 6.90. The highest BCUT2D eigenvalue weighted by Gasteiger charge is 1.96. The van der Waals surface area contributed by atoms with Gasteiger partial charge in [0.1, 0.15) is 0 Å². The van der Waals surface area contributed by atoms with Crippen LogP contribution in [0.15, 0.2) is 43.0 Å². The minimum Gasteiger partial charge on any atom is -0.367 e. The highest BCUT2D eigenvalue weighted by molar-refractivity contribution is 7.71. The fourth-order valence-electron chi connectivity index (χ4n) is 1.17. The van der Waals surface area contributed by atoms with Crippen molar-refractivity contribution in [1.82, 2.24) is 9.97 Å². The molecule has 0 atom stereocenters. The van der Waals surface area contributed by atoms with Crippen LogP contribution in [0.1, 0.15) is 0 Å². The van der Waals surface area contributed by atoms with Gasteiger partial charge in [0.05, 0.1) is 0 Å². The van der Waals surface area contributed by atoms with Crippen LogP contribution in [0.2, 0.25) is 0 Å². The summed E-state index contributed by atoms with van der Waals surface area (Å²) in [7, 11) is 0. The third-order valence-corrected chi connectivity index (χ3v) is 2.17. The molecule has 2 aromatic rings. The Hall–Kier alpha value is -1.48. The molecule has 0 spiro atoms. The lowest BCUT2D eigenvalue weighted by atomic mass is 10.1. The number of aromatic nitrogens is 2. The van der Waals surface area contributed by atoms with Gasteiger partial charge in [0.15, 0.2) is 0 Å². The Morgan fingerprint density at radius 3 is 2.62 bits per heavy atom. The van der Waals surface area contributed by atoms with Gasteiger partial charge in [-0.1, -0.05) is 12.2 Å². The topological polar surface area (TPSA) is 28.7 Å². The van der Waals surface area contributed by atoms with E-state index in [1.165, 1.54) is 0 Å². The summed E-state index contributed by atoms with van der Waals surface area (Å²) in [5, 5.41) is 0. The zero-order chi connectivity index (χ0) is 9.10. The van der Waals surface area contributed by atoms with E-state index in [-0.39, 0.29) is 0 Å². The second-order valence-corrected chi connectivity index (χ2v) is 3.10.